The number of ether oxygens (including phenoxy) is 1. The minimum atomic E-state index is -0.685. The van der Waals surface area contributed by atoms with Crippen LogP contribution in [0.4, 0.5) is 11.4 Å². The van der Waals surface area contributed by atoms with Gasteiger partial charge in [-0.05, 0) is 49.1 Å². The van der Waals surface area contributed by atoms with Gasteiger partial charge in [-0.2, -0.15) is 0 Å². The molecule has 130 valence electrons. The third kappa shape index (κ3) is 1.81. The zero-order valence-corrected chi connectivity index (χ0v) is 15.7. The molecule has 0 saturated carbocycles. The molecule has 1 atom stereocenters. The Hall–Kier alpha value is -2.52. The second kappa shape index (κ2) is 5.01. The predicted molar refractivity (Wildman–Crippen MR) is 108 cm³/mol. The van der Waals surface area contributed by atoms with E-state index in [2.05, 4.69) is 50.1 Å². The summed E-state index contributed by atoms with van der Waals surface area (Å²) in [7, 11) is 2.06. The summed E-state index contributed by atoms with van der Waals surface area (Å²) in [5.74, 6) is 0.810. The van der Waals surface area contributed by atoms with Crippen molar-refractivity contribution < 1.29 is 4.74 Å². The Morgan fingerprint density at radius 2 is 1.85 bits per heavy atom. The van der Waals surface area contributed by atoms with E-state index >= 15 is 0 Å². The maximum atomic E-state index is 6.67. The van der Waals surface area contributed by atoms with Crippen LogP contribution in [-0.2, 0) is 5.41 Å². The number of halogens is 1. The van der Waals surface area contributed by atoms with Crippen molar-refractivity contribution in [3.8, 4) is 5.75 Å². The van der Waals surface area contributed by atoms with E-state index in [0.29, 0.717) is 0 Å². The van der Waals surface area contributed by atoms with E-state index in [4.69, 9.17) is 21.3 Å². The topological polar surface area (TPSA) is 24.8 Å². The van der Waals surface area contributed by atoms with Gasteiger partial charge in [-0.1, -0.05) is 41.9 Å². The van der Waals surface area contributed by atoms with Gasteiger partial charge in [0.2, 0.25) is 5.72 Å². The Morgan fingerprint density at radius 1 is 1.04 bits per heavy atom. The molecule has 1 spiro atoms. The molecule has 0 unspecified atom stereocenters. The lowest BCUT2D eigenvalue weighted by atomic mass is 9.77. The van der Waals surface area contributed by atoms with Crippen LogP contribution in [0.3, 0.4) is 0 Å². The normalized spacial score (nSPS) is 22.4. The molecule has 0 N–H and O–H groups in total. The first-order chi connectivity index (χ1) is 12.4. The number of hydrogen-bond donors (Lipinski definition) is 0. The molecule has 0 radical (unpaired) electrons. The first-order valence-corrected chi connectivity index (χ1v) is 9.12. The molecule has 3 aromatic rings. The largest absolute Gasteiger partial charge is 0.459 e. The maximum Gasteiger partial charge on any atom is 0.228 e. The summed E-state index contributed by atoms with van der Waals surface area (Å²) in [5.41, 5.74) is 2.19. The van der Waals surface area contributed by atoms with Gasteiger partial charge in [0.25, 0.3) is 0 Å². The molecule has 0 bridgehead atoms. The first-order valence-electron chi connectivity index (χ1n) is 8.74. The molecule has 5 rings (SSSR count). The van der Waals surface area contributed by atoms with Crippen molar-refractivity contribution in [2.75, 3.05) is 11.9 Å². The average Bonchev–Trinajstić information content (AvgIpc) is 2.80. The highest BCUT2D eigenvalue weighted by atomic mass is 35.5. The molecule has 2 aliphatic heterocycles. The van der Waals surface area contributed by atoms with Crippen molar-refractivity contribution in [1.82, 2.24) is 0 Å². The molecule has 0 amide bonds. The molecule has 0 aromatic heterocycles. The number of nitrogens with zero attached hydrogens (tertiary/aromatic N) is 2. The highest BCUT2D eigenvalue weighted by Gasteiger charge is 2.58. The summed E-state index contributed by atoms with van der Waals surface area (Å²) in [6.45, 7) is 4.37. The minimum absolute atomic E-state index is 0.311. The molecule has 2 aliphatic rings. The minimum Gasteiger partial charge on any atom is -0.459 e. The van der Waals surface area contributed by atoms with Crippen LogP contribution < -0.4 is 9.64 Å². The van der Waals surface area contributed by atoms with Crippen LogP contribution in [0.1, 0.15) is 19.4 Å². The van der Waals surface area contributed by atoms with E-state index in [-0.39, 0.29) is 5.41 Å². The smallest absolute Gasteiger partial charge is 0.228 e. The molecule has 0 aliphatic carbocycles. The van der Waals surface area contributed by atoms with Gasteiger partial charge < -0.3 is 9.64 Å². The number of benzene rings is 3. The van der Waals surface area contributed by atoms with Crippen LogP contribution in [0, 0.1) is 0 Å². The third-order valence-electron chi connectivity index (χ3n) is 5.88. The monoisotopic (exact) mass is 362 g/mol. The molecular formula is C22H19ClN2O. The highest BCUT2D eigenvalue weighted by molar-refractivity contribution is 6.30. The third-order valence-corrected chi connectivity index (χ3v) is 6.12. The predicted octanol–water partition coefficient (Wildman–Crippen LogP) is 5.71. The summed E-state index contributed by atoms with van der Waals surface area (Å²) in [4.78, 5) is 7.05. The number of fused-ring (bicyclic) bond motifs is 4. The maximum absolute atomic E-state index is 6.67. The zero-order chi connectivity index (χ0) is 18.1. The van der Waals surface area contributed by atoms with Crippen LogP contribution in [0.5, 0.6) is 5.75 Å². The number of likely N-dealkylation sites (N-methyl/N-ethyl adjacent to an activating group) is 1. The summed E-state index contributed by atoms with van der Waals surface area (Å²) in [6.07, 6.45) is 1.95. The van der Waals surface area contributed by atoms with Crippen LogP contribution in [0.15, 0.2) is 59.6 Å². The highest BCUT2D eigenvalue weighted by Crippen LogP contribution is 2.54. The number of hydrogen-bond acceptors (Lipinski definition) is 3. The van der Waals surface area contributed by atoms with Gasteiger partial charge >= 0.3 is 0 Å². The van der Waals surface area contributed by atoms with E-state index in [1.54, 1.807) is 0 Å². The van der Waals surface area contributed by atoms with E-state index in [1.165, 1.54) is 5.56 Å². The number of rotatable bonds is 0. The fourth-order valence-corrected chi connectivity index (χ4v) is 4.51. The van der Waals surface area contributed by atoms with Crippen molar-refractivity contribution in [2.24, 2.45) is 4.99 Å². The summed E-state index contributed by atoms with van der Waals surface area (Å²) < 4.78 is 6.67. The van der Waals surface area contributed by atoms with Gasteiger partial charge in [-0.25, -0.2) is 0 Å². The van der Waals surface area contributed by atoms with Crippen LogP contribution in [0.25, 0.3) is 10.8 Å². The summed E-state index contributed by atoms with van der Waals surface area (Å²) in [5, 5.41) is 3.01. The second-order valence-corrected chi connectivity index (χ2v) is 7.97. The zero-order valence-electron chi connectivity index (χ0n) is 15.0. The molecule has 4 heteroatoms. The van der Waals surface area contributed by atoms with Crippen LogP contribution >= 0.6 is 11.6 Å². The Balaban J connectivity index is 1.71. The van der Waals surface area contributed by atoms with Gasteiger partial charge in [0, 0.05) is 23.1 Å². The van der Waals surface area contributed by atoms with Crippen LogP contribution in [-0.4, -0.2) is 19.0 Å². The fraction of sp³-hybridized carbons (Fsp3) is 0.227. The molecule has 2 heterocycles. The second-order valence-electron chi connectivity index (χ2n) is 7.54. The Kier molecular flexibility index (Phi) is 3.03. The van der Waals surface area contributed by atoms with Crippen molar-refractivity contribution in [3.63, 3.8) is 0 Å². The van der Waals surface area contributed by atoms with Crippen LogP contribution in [0.2, 0.25) is 5.02 Å². The Bertz CT molecular complexity index is 1090. The molecule has 26 heavy (non-hydrogen) atoms. The van der Waals surface area contributed by atoms with Crippen molar-refractivity contribution in [1.29, 1.82) is 0 Å². The Labute approximate surface area is 157 Å². The molecule has 0 fully saturated rings. The van der Waals surface area contributed by atoms with E-state index in [1.807, 2.05) is 36.5 Å². The lowest BCUT2D eigenvalue weighted by Crippen LogP contribution is -2.61. The van der Waals surface area contributed by atoms with Gasteiger partial charge in [0.05, 0.1) is 11.6 Å². The SMILES string of the molecule is CN1c2ccc(Cl)cc2C(C)(C)[C@]12C=Nc1c(ccc3ccccc13)O2. The van der Waals surface area contributed by atoms with Crippen molar-refractivity contribution in [3.05, 3.63) is 65.2 Å². The first kappa shape index (κ1) is 15.7. The summed E-state index contributed by atoms with van der Waals surface area (Å²) in [6, 6.07) is 18.4. The van der Waals surface area contributed by atoms with Gasteiger partial charge in [0.15, 0.2) is 0 Å². The summed E-state index contributed by atoms with van der Waals surface area (Å²) >= 11 is 6.28. The lowest BCUT2D eigenvalue weighted by molar-refractivity contribution is 0.0826. The van der Waals surface area contributed by atoms with Gasteiger partial charge in [-0.15, -0.1) is 0 Å². The molecule has 3 nitrogen and oxygen atoms in total. The molecule has 0 saturated heterocycles. The average molecular weight is 363 g/mol. The van der Waals surface area contributed by atoms with E-state index < -0.39 is 5.72 Å². The van der Waals surface area contributed by atoms with E-state index in [9.17, 15) is 0 Å². The molecular weight excluding hydrogens is 344 g/mol. The quantitative estimate of drug-likeness (QED) is 0.511. The number of anilines is 1. The van der Waals surface area contributed by atoms with Gasteiger partial charge in [-0.3, -0.25) is 4.99 Å². The van der Waals surface area contributed by atoms with E-state index in [0.717, 1.165) is 32.9 Å². The number of aliphatic imine (C=N–C) groups is 1. The van der Waals surface area contributed by atoms with Gasteiger partial charge in [0.1, 0.15) is 11.4 Å². The standard InChI is InChI=1S/C22H19ClN2O/c1-21(2)17-12-15(23)9-10-18(17)25(3)22(21)13-24-20-16-7-5-4-6-14(16)8-11-19(20)26-22/h4-13H,1-3H3/t22-/m1/s1. The Morgan fingerprint density at radius 3 is 2.69 bits per heavy atom. The lowest BCUT2D eigenvalue weighted by Gasteiger charge is -2.45. The van der Waals surface area contributed by atoms with Crippen molar-refractivity contribution >= 4 is 40.0 Å². The van der Waals surface area contributed by atoms with Crippen molar-refractivity contribution in [2.45, 2.75) is 25.0 Å². The fourth-order valence-electron chi connectivity index (χ4n) is 4.33. The molecule has 3 aromatic carbocycles.